The summed E-state index contributed by atoms with van der Waals surface area (Å²) in [6.45, 7) is 4.76. The molecule has 59 heavy (non-hydrogen) atoms. The number of hydrogen-bond donors (Lipinski definition) is 0. The van der Waals surface area contributed by atoms with E-state index in [1.165, 1.54) is 110 Å². The average Bonchev–Trinajstić information content (AvgIpc) is 3.52. The summed E-state index contributed by atoms with van der Waals surface area (Å²) in [6.07, 6.45) is 0. The van der Waals surface area contributed by atoms with E-state index in [-0.39, 0.29) is 5.41 Å². The van der Waals surface area contributed by atoms with Crippen LogP contribution < -0.4 is 4.90 Å². The van der Waals surface area contributed by atoms with E-state index in [4.69, 9.17) is 0 Å². The van der Waals surface area contributed by atoms with E-state index in [0.717, 1.165) is 5.69 Å². The molecule has 3 aliphatic carbocycles. The summed E-state index contributed by atoms with van der Waals surface area (Å²) in [5.74, 6) is 0. The fourth-order valence-electron chi connectivity index (χ4n) is 11.6. The molecule has 0 aromatic heterocycles. The predicted molar refractivity (Wildman–Crippen MR) is 248 cm³/mol. The van der Waals surface area contributed by atoms with Crippen LogP contribution in [0.5, 0.6) is 0 Å². The lowest BCUT2D eigenvalue weighted by Crippen LogP contribution is -2.36. The third-order valence-corrected chi connectivity index (χ3v) is 14.0. The molecular formula is C58H39N. The monoisotopic (exact) mass is 749 g/mol. The van der Waals surface area contributed by atoms with Crippen LogP contribution in [0, 0.1) is 0 Å². The standard InChI is InChI=1S/C58H39N/c1-57(2)47-25-8-5-20-40(47)43-32-31-38(35-52(43)57)59(53-30-13-16-36-15-3-4-19-39(36)53)54-34-33-45-42-22-7-10-27-49(42)58(51-29-14-24-46(54)56(45)51)48-26-9-6-21-41(48)44-23-11-17-37-18-12-28-50(58)55(37)44/h3-35H,1-2H3. The van der Waals surface area contributed by atoms with E-state index in [9.17, 15) is 0 Å². The van der Waals surface area contributed by atoms with Gasteiger partial charge in [0.15, 0.2) is 0 Å². The molecule has 276 valence electrons. The van der Waals surface area contributed by atoms with Crippen molar-refractivity contribution in [1.82, 2.24) is 0 Å². The summed E-state index contributed by atoms with van der Waals surface area (Å²) >= 11 is 0. The van der Waals surface area contributed by atoms with Crippen molar-refractivity contribution in [3.8, 4) is 33.4 Å². The summed E-state index contributed by atoms with van der Waals surface area (Å²) in [4.78, 5) is 2.54. The van der Waals surface area contributed by atoms with Crippen molar-refractivity contribution >= 4 is 49.4 Å². The summed E-state index contributed by atoms with van der Waals surface area (Å²) in [5, 5.41) is 7.64. The number of hydrogen-bond acceptors (Lipinski definition) is 1. The Labute approximate surface area is 344 Å². The summed E-state index contributed by atoms with van der Waals surface area (Å²) < 4.78 is 0. The highest BCUT2D eigenvalue weighted by atomic mass is 15.1. The topological polar surface area (TPSA) is 3.24 Å². The Morgan fingerprint density at radius 3 is 1.58 bits per heavy atom. The van der Waals surface area contributed by atoms with Gasteiger partial charge >= 0.3 is 0 Å². The quantitative estimate of drug-likeness (QED) is 0.174. The fraction of sp³-hybridized carbons (Fsp3) is 0.0690. The van der Waals surface area contributed by atoms with Crippen molar-refractivity contribution in [1.29, 1.82) is 0 Å². The third-order valence-electron chi connectivity index (χ3n) is 14.0. The highest BCUT2D eigenvalue weighted by Crippen LogP contribution is 2.62. The molecule has 0 saturated carbocycles. The molecule has 1 spiro atoms. The molecular weight excluding hydrogens is 711 g/mol. The van der Waals surface area contributed by atoms with Gasteiger partial charge in [0.2, 0.25) is 0 Å². The van der Waals surface area contributed by atoms with Crippen LogP contribution >= 0.6 is 0 Å². The molecule has 10 aromatic carbocycles. The highest BCUT2D eigenvalue weighted by molar-refractivity contribution is 6.15. The molecule has 13 rings (SSSR count). The molecule has 0 amide bonds. The largest absolute Gasteiger partial charge is 0.309 e. The van der Waals surface area contributed by atoms with Gasteiger partial charge in [-0.25, -0.2) is 0 Å². The molecule has 0 bridgehead atoms. The van der Waals surface area contributed by atoms with Crippen LogP contribution in [0.4, 0.5) is 17.1 Å². The van der Waals surface area contributed by atoms with Gasteiger partial charge in [0.1, 0.15) is 0 Å². The lowest BCUT2D eigenvalue weighted by molar-refractivity contribution is 0.660. The van der Waals surface area contributed by atoms with Gasteiger partial charge in [-0.1, -0.05) is 190 Å². The minimum atomic E-state index is -0.528. The maximum atomic E-state index is 2.54. The summed E-state index contributed by atoms with van der Waals surface area (Å²) in [7, 11) is 0. The minimum Gasteiger partial charge on any atom is -0.309 e. The minimum absolute atomic E-state index is 0.131. The molecule has 0 radical (unpaired) electrons. The highest BCUT2D eigenvalue weighted by Gasteiger charge is 2.48. The van der Waals surface area contributed by atoms with Gasteiger partial charge in [0.25, 0.3) is 0 Å². The van der Waals surface area contributed by atoms with Crippen LogP contribution in [0.1, 0.15) is 47.2 Å². The van der Waals surface area contributed by atoms with Crippen molar-refractivity contribution < 1.29 is 0 Å². The van der Waals surface area contributed by atoms with Gasteiger partial charge in [-0.05, 0) is 113 Å². The van der Waals surface area contributed by atoms with Crippen molar-refractivity contribution in [3.63, 3.8) is 0 Å². The zero-order chi connectivity index (χ0) is 39.0. The zero-order valence-electron chi connectivity index (χ0n) is 33.0. The maximum absolute atomic E-state index is 2.54. The Bertz CT molecular complexity index is 3430. The molecule has 1 atom stereocenters. The molecule has 1 nitrogen and oxygen atoms in total. The van der Waals surface area contributed by atoms with Crippen LogP contribution in [-0.4, -0.2) is 0 Å². The van der Waals surface area contributed by atoms with E-state index >= 15 is 0 Å². The van der Waals surface area contributed by atoms with E-state index in [2.05, 4.69) is 219 Å². The molecule has 0 fully saturated rings. The summed E-state index contributed by atoms with van der Waals surface area (Å²) in [6, 6.07) is 75.7. The summed E-state index contributed by atoms with van der Waals surface area (Å²) in [5.41, 5.74) is 18.8. The number of rotatable bonds is 3. The predicted octanol–water partition coefficient (Wildman–Crippen LogP) is 15.3. The third kappa shape index (κ3) is 4.14. The number of anilines is 3. The van der Waals surface area contributed by atoms with Crippen LogP contribution in [0.2, 0.25) is 0 Å². The van der Waals surface area contributed by atoms with Crippen molar-refractivity contribution in [3.05, 3.63) is 234 Å². The maximum Gasteiger partial charge on any atom is 0.0725 e. The van der Waals surface area contributed by atoms with E-state index in [1.54, 1.807) is 0 Å². The van der Waals surface area contributed by atoms with Crippen molar-refractivity contribution in [2.75, 3.05) is 4.90 Å². The van der Waals surface area contributed by atoms with Crippen LogP contribution in [0.3, 0.4) is 0 Å². The van der Waals surface area contributed by atoms with Gasteiger partial charge in [-0.3, -0.25) is 0 Å². The Morgan fingerprint density at radius 1 is 0.322 bits per heavy atom. The lowest BCUT2D eigenvalue weighted by atomic mass is 9.55. The molecule has 10 aromatic rings. The van der Waals surface area contributed by atoms with E-state index in [0.29, 0.717) is 0 Å². The second kappa shape index (κ2) is 11.7. The Morgan fingerprint density at radius 2 is 0.797 bits per heavy atom. The SMILES string of the molecule is CC1(C)c2ccccc2-c2ccc(N(c3cccc4ccccc34)c3ccc4c5c(cccc35)C3(c5ccccc5-c5cccc6cccc3c56)c3ccccc3-4)cc21. The van der Waals surface area contributed by atoms with E-state index < -0.39 is 5.41 Å². The molecule has 3 aliphatic rings. The average molecular weight is 750 g/mol. The second-order valence-corrected chi connectivity index (χ2v) is 17.1. The van der Waals surface area contributed by atoms with Gasteiger partial charge in [-0.15, -0.1) is 0 Å². The van der Waals surface area contributed by atoms with Gasteiger partial charge in [0, 0.05) is 21.9 Å². The zero-order valence-corrected chi connectivity index (χ0v) is 33.0. The smallest absolute Gasteiger partial charge is 0.0725 e. The van der Waals surface area contributed by atoms with Crippen LogP contribution in [0.25, 0.3) is 65.7 Å². The first-order valence-corrected chi connectivity index (χ1v) is 20.9. The molecule has 1 unspecified atom stereocenters. The Balaban J connectivity index is 1.15. The number of nitrogens with zero attached hydrogens (tertiary/aromatic N) is 1. The second-order valence-electron chi connectivity index (χ2n) is 17.1. The van der Waals surface area contributed by atoms with Crippen LogP contribution in [0.15, 0.2) is 200 Å². The Hall–Kier alpha value is -7.22. The van der Waals surface area contributed by atoms with Crippen molar-refractivity contribution in [2.45, 2.75) is 24.7 Å². The van der Waals surface area contributed by atoms with Gasteiger partial charge in [0.05, 0.1) is 16.8 Å². The van der Waals surface area contributed by atoms with Crippen LogP contribution in [-0.2, 0) is 10.8 Å². The normalized spacial score (nSPS) is 16.2. The Kier molecular flexibility index (Phi) is 6.50. The molecule has 0 aliphatic heterocycles. The van der Waals surface area contributed by atoms with Gasteiger partial charge < -0.3 is 4.90 Å². The number of fused-ring (bicyclic) bond motifs is 12. The van der Waals surface area contributed by atoms with Gasteiger partial charge in [-0.2, -0.15) is 0 Å². The van der Waals surface area contributed by atoms with Crippen molar-refractivity contribution in [2.24, 2.45) is 0 Å². The first-order valence-electron chi connectivity index (χ1n) is 20.9. The number of benzene rings is 10. The lowest BCUT2D eigenvalue weighted by Gasteiger charge is -2.46. The fourth-order valence-corrected chi connectivity index (χ4v) is 11.6. The molecule has 0 saturated heterocycles. The molecule has 0 N–H and O–H groups in total. The first kappa shape index (κ1) is 32.8. The van der Waals surface area contributed by atoms with E-state index in [1.807, 2.05) is 0 Å². The molecule has 0 heterocycles. The first-order chi connectivity index (χ1) is 29.0. The molecule has 1 heteroatoms.